The van der Waals surface area contributed by atoms with Gasteiger partial charge in [0, 0.05) is 31.5 Å². The normalized spacial score (nSPS) is 18.9. The van der Waals surface area contributed by atoms with Crippen LogP contribution in [-0.2, 0) is 16.0 Å². The van der Waals surface area contributed by atoms with Gasteiger partial charge >= 0.3 is 0 Å². The number of rotatable bonds is 13. The first-order valence-electron chi connectivity index (χ1n) is 13.0. The van der Waals surface area contributed by atoms with Gasteiger partial charge in [-0.25, -0.2) is 0 Å². The molecule has 1 aliphatic carbocycles. The van der Waals surface area contributed by atoms with Crippen LogP contribution in [0.4, 0.5) is 0 Å². The van der Waals surface area contributed by atoms with Crippen molar-refractivity contribution < 1.29 is 29.3 Å². The number of carbonyl (C=O) groups is 2. The van der Waals surface area contributed by atoms with Crippen molar-refractivity contribution in [2.45, 2.75) is 57.3 Å². The van der Waals surface area contributed by atoms with E-state index < -0.39 is 18.2 Å². The first-order valence-corrected chi connectivity index (χ1v) is 14.1. The summed E-state index contributed by atoms with van der Waals surface area (Å²) >= 11 is 2.16. The van der Waals surface area contributed by atoms with E-state index in [0.29, 0.717) is 30.7 Å². The Labute approximate surface area is 238 Å². The zero-order valence-electron chi connectivity index (χ0n) is 21.9. The molecule has 0 fully saturated rings. The van der Waals surface area contributed by atoms with Gasteiger partial charge in [-0.2, -0.15) is 0 Å². The SMILES string of the molecule is CCCCC(=O)N(CCc1cccc(OC)c1)C1CC(C(=O)NCCO)=CC(Oc2ccccc2I)C1O. The number of hydrogen-bond donors (Lipinski definition) is 3. The highest BCUT2D eigenvalue weighted by Crippen LogP contribution is 2.30. The fourth-order valence-electron chi connectivity index (χ4n) is 4.49. The van der Waals surface area contributed by atoms with Crippen LogP contribution in [0, 0.1) is 3.57 Å². The van der Waals surface area contributed by atoms with Crippen molar-refractivity contribution in [3.8, 4) is 11.5 Å². The highest BCUT2D eigenvalue weighted by Gasteiger charge is 2.40. The van der Waals surface area contributed by atoms with Crippen molar-refractivity contribution in [3.63, 3.8) is 0 Å². The Bertz CT molecular complexity index is 1110. The van der Waals surface area contributed by atoms with Gasteiger partial charge in [0.25, 0.3) is 0 Å². The quantitative estimate of drug-likeness (QED) is 0.291. The van der Waals surface area contributed by atoms with Crippen molar-refractivity contribution >= 4 is 34.4 Å². The molecule has 8 nitrogen and oxygen atoms in total. The van der Waals surface area contributed by atoms with Gasteiger partial charge in [0.1, 0.15) is 23.7 Å². The average molecular weight is 637 g/mol. The summed E-state index contributed by atoms with van der Waals surface area (Å²) in [5.41, 5.74) is 1.42. The summed E-state index contributed by atoms with van der Waals surface area (Å²) in [5.74, 6) is 0.912. The van der Waals surface area contributed by atoms with Crippen LogP contribution in [0.15, 0.2) is 60.2 Å². The molecule has 3 rings (SSSR count). The Balaban J connectivity index is 1.92. The number of methoxy groups -OCH3 is 1. The number of amides is 2. The Morgan fingerprint density at radius 3 is 2.68 bits per heavy atom. The van der Waals surface area contributed by atoms with Gasteiger partial charge < -0.3 is 29.9 Å². The molecule has 2 aromatic rings. The second-order valence-corrected chi connectivity index (χ2v) is 10.4. The zero-order chi connectivity index (χ0) is 27.5. The number of aliphatic hydroxyl groups is 2. The third kappa shape index (κ3) is 8.18. The lowest BCUT2D eigenvalue weighted by Gasteiger charge is -2.40. The monoisotopic (exact) mass is 636 g/mol. The van der Waals surface area contributed by atoms with E-state index in [2.05, 4.69) is 27.9 Å². The van der Waals surface area contributed by atoms with Crippen LogP contribution < -0.4 is 14.8 Å². The number of nitrogens with zero attached hydrogens (tertiary/aromatic N) is 1. The van der Waals surface area contributed by atoms with E-state index in [9.17, 15) is 19.8 Å². The van der Waals surface area contributed by atoms with Crippen molar-refractivity contribution in [3.05, 3.63) is 69.3 Å². The fourth-order valence-corrected chi connectivity index (χ4v) is 5.01. The molecule has 0 aromatic heterocycles. The molecule has 9 heteroatoms. The number of halogens is 1. The molecule has 206 valence electrons. The van der Waals surface area contributed by atoms with Crippen molar-refractivity contribution in [1.82, 2.24) is 10.2 Å². The smallest absolute Gasteiger partial charge is 0.247 e. The maximum atomic E-state index is 13.5. The Morgan fingerprint density at radius 2 is 1.97 bits per heavy atom. The molecule has 0 radical (unpaired) electrons. The van der Waals surface area contributed by atoms with Crippen LogP contribution in [-0.4, -0.2) is 72.0 Å². The number of carbonyl (C=O) groups excluding carboxylic acids is 2. The number of unbranched alkanes of at least 4 members (excludes halogenated alkanes) is 1. The number of para-hydroxylation sites is 1. The average Bonchev–Trinajstić information content (AvgIpc) is 2.93. The molecule has 0 saturated heterocycles. The molecular weight excluding hydrogens is 599 g/mol. The largest absolute Gasteiger partial charge is 0.497 e. The Morgan fingerprint density at radius 1 is 1.18 bits per heavy atom. The van der Waals surface area contributed by atoms with E-state index in [4.69, 9.17) is 9.47 Å². The van der Waals surface area contributed by atoms with Gasteiger partial charge in [0.2, 0.25) is 11.8 Å². The van der Waals surface area contributed by atoms with Crippen LogP contribution in [0.2, 0.25) is 0 Å². The summed E-state index contributed by atoms with van der Waals surface area (Å²) in [4.78, 5) is 28.1. The van der Waals surface area contributed by atoms with Gasteiger partial charge in [0.15, 0.2) is 0 Å². The standard InChI is InChI=1S/C29H37IN2O6/c1-3-4-12-27(34)32(15-13-20-8-7-9-22(17-20)37-2)24-18-21(29(36)31-14-16-33)19-26(28(24)35)38-25-11-6-5-10-23(25)30/h5-11,17,19,24,26,28,33,35H,3-4,12-16,18H2,1-2H3,(H,31,36). The molecule has 3 unspecified atom stereocenters. The van der Waals surface area contributed by atoms with E-state index in [1.165, 1.54) is 0 Å². The lowest BCUT2D eigenvalue weighted by Crippen LogP contribution is -2.55. The first-order chi connectivity index (χ1) is 18.4. The summed E-state index contributed by atoms with van der Waals surface area (Å²) in [6, 6.07) is 14.5. The van der Waals surface area contributed by atoms with Crippen molar-refractivity contribution in [1.29, 1.82) is 0 Å². The van der Waals surface area contributed by atoms with E-state index in [1.54, 1.807) is 18.1 Å². The number of nitrogens with one attached hydrogen (secondary N) is 1. The second kappa shape index (κ2) is 15.1. The van der Waals surface area contributed by atoms with Crippen LogP contribution in [0.1, 0.15) is 38.2 Å². The molecule has 2 amide bonds. The number of aliphatic hydroxyl groups excluding tert-OH is 2. The lowest BCUT2D eigenvalue weighted by molar-refractivity contribution is -0.138. The highest BCUT2D eigenvalue weighted by molar-refractivity contribution is 14.1. The minimum Gasteiger partial charge on any atom is -0.497 e. The van der Waals surface area contributed by atoms with Gasteiger partial charge in [0.05, 0.1) is 23.3 Å². The van der Waals surface area contributed by atoms with Crippen LogP contribution >= 0.6 is 22.6 Å². The molecule has 3 atom stereocenters. The summed E-state index contributed by atoms with van der Waals surface area (Å²) < 4.78 is 12.4. The van der Waals surface area contributed by atoms with Gasteiger partial charge in [-0.1, -0.05) is 37.6 Å². The molecule has 0 bridgehead atoms. The van der Waals surface area contributed by atoms with Crippen LogP contribution in [0.25, 0.3) is 0 Å². The van der Waals surface area contributed by atoms with Gasteiger partial charge in [-0.15, -0.1) is 0 Å². The molecule has 2 aromatic carbocycles. The molecule has 0 spiro atoms. The van der Waals surface area contributed by atoms with Gasteiger partial charge in [-0.05, 0) is 71.3 Å². The van der Waals surface area contributed by atoms with E-state index in [1.807, 2.05) is 55.5 Å². The summed E-state index contributed by atoms with van der Waals surface area (Å²) in [6.07, 6.45) is 2.46. The molecule has 38 heavy (non-hydrogen) atoms. The Hall–Kier alpha value is -2.63. The molecular formula is C29H37IN2O6. The molecule has 0 heterocycles. The summed E-state index contributed by atoms with van der Waals surface area (Å²) in [7, 11) is 1.61. The second-order valence-electron chi connectivity index (χ2n) is 9.24. The van der Waals surface area contributed by atoms with Crippen molar-refractivity contribution in [2.24, 2.45) is 0 Å². The summed E-state index contributed by atoms with van der Waals surface area (Å²) in [5, 5.41) is 23.4. The molecule has 1 aliphatic rings. The third-order valence-electron chi connectivity index (χ3n) is 6.55. The fraction of sp³-hybridized carbons (Fsp3) is 0.448. The van der Waals surface area contributed by atoms with Gasteiger partial charge in [-0.3, -0.25) is 9.59 Å². The maximum absolute atomic E-state index is 13.5. The molecule has 0 saturated carbocycles. The van der Waals surface area contributed by atoms with E-state index >= 15 is 0 Å². The number of hydrogen-bond acceptors (Lipinski definition) is 6. The predicted octanol–water partition coefficient (Wildman–Crippen LogP) is 3.48. The number of benzene rings is 2. The Kier molecular flexibility index (Phi) is 11.9. The van der Waals surface area contributed by atoms with E-state index in [-0.39, 0.29) is 31.4 Å². The lowest BCUT2D eigenvalue weighted by atomic mass is 9.87. The minimum absolute atomic E-state index is 0.0659. The van der Waals surface area contributed by atoms with Crippen molar-refractivity contribution in [2.75, 3.05) is 26.8 Å². The van der Waals surface area contributed by atoms with E-state index in [0.717, 1.165) is 27.7 Å². The topological polar surface area (TPSA) is 108 Å². The molecule has 3 N–H and O–H groups in total. The number of ether oxygens (including phenoxy) is 2. The minimum atomic E-state index is -1.05. The van der Waals surface area contributed by atoms with Crippen LogP contribution in [0.3, 0.4) is 0 Å². The van der Waals surface area contributed by atoms with Crippen LogP contribution in [0.5, 0.6) is 11.5 Å². The predicted molar refractivity (Wildman–Crippen MR) is 154 cm³/mol. The highest BCUT2D eigenvalue weighted by atomic mass is 127. The first kappa shape index (κ1) is 29.9. The zero-order valence-corrected chi connectivity index (χ0v) is 24.1. The molecule has 0 aliphatic heterocycles. The maximum Gasteiger partial charge on any atom is 0.247 e. The summed E-state index contributed by atoms with van der Waals surface area (Å²) in [6.45, 7) is 2.33. The third-order valence-corrected chi connectivity index (χ3v) is 7.45.